The molecular formula is C18H19F3N6OS. The number of hydrogen-bond acceptors (Lipinski definition) is 5. The van der Waals surface area contributed by atoms with E-state index in [0.29, 0.717) is 0 Å². The SMILES string of the molecule is Cc1nn(C)cc1CNC(=O)c1cc2n(n1)[C@@H](C(F)(F)F)C[C@H](c1cccs1)N2. The summed E-state index contributed by atoms with van der Waals surface area (Å²) in [5.41, 5.74) is 1.54. The molecule has 1 aliphatic heterocycles. The van der Waals surface area contributed by atoms with Crippen LogP contribution in [0.1, 0.15) is 45.1 Å². The van der Waals surface area contributed by atoms with E-state index in [9.17, 15) is 18.0 Å². The summed E-state index contributed by atoms with van der Waals surface area (Å²) in [7, 11) is 1.77. The third-order valence-corrected chi connectivity index (χ3v) is 5.85. The van der Waals surface area contributed by atoms with Gasteiger partial charge in [0.2, 0.25) is 0 Å². The highest BCUT2D eigenvalue weighted by Gasteiger charge is 2.47. The van der Waals surface area contributed by atoms with E-state index >= 15 is 0 Å². The number of fused-ring (bicyclic) bond motifs is 1. The predicted octanol–water partition coefficient (Wildman–Crippen LogP) is 3.58. The lowest BCUT2D eigenvalue weighted by molar-refractivity contribution is -0.173. The van der Waals surface area contributed by atoms with Gasteiger partial charge in [0.05, 0.1) is 11.7 Å². The first-order valence-electron chi connectivity index (χ1n) is 8.96. The monoisotopic (exact) mass is 424 g/mol. The third-order valence-electron chi connectivity index (χ3n) is 4.86. The minimum atomic E-state index is -4.47. The van der Waals surface area contributed by atoms with Crippen LogP contribution in [0.3, 0.4) is 0 Å². The maximum atomic E-state index is 13.7. The van der Waals surface area contributed by atoms with Gasteiger partial charge in [0.1, 0.15) is 5.82 Å². The molecule has 0 bridgehead atoms. The van der Waals surface area contributed by atoms with Gasteiger partial charge in [-0.05, 0) is 18.4 Å². The predicted molar refractivity (Wildman–Crippen MR) is 102 cm³/mol. The largest absolute Gasteiger partial charge is 0.410 e. The van der Waals surface area contributed by atoms with E-state index in [4.69, 9.17) is 0 Å². The fourth-order valence-corrected chi connectivity index (χ4v) is 4.24. The average Bonchev–Trinajstić information content (AvgIpc) is 3.37. The van der Waals surface area contributed by atoms with Gasteiger partial charge in [-0.1, -0.05) is 6.07 Å². The number of amides is 1. The van der Waals surface area contributed by atoms with E-state index in [2.05, 4.69) is 20.8 Å². The normalized spacial score (nSPS) is 18.9. The molecule has 0 fully saturated rings. The van der Waals surface area contributed by atoms with Crippen molar-refractivity contribution < 1.29 is 18.0 Å². The van der Waals surface area contributed by atoms with Gasteiger partial charge in [-0.25, -0.2) is 4.68 Å². The van der Waals surface area contributed by atoms with Crippen molar-refractivity contribution >= 4 is 23.1 Å². The van der Waals surface area contributed by atoms with Crippen molar-refractivity contribution in [3.05, 3.63) is 51.6 Å². The van der Waals surface area contributed by atoms with Crippen LogP contribution < -0.4 is 10.6 Å². The molecule has 0 aliphatic carbocycles. The number of aromatic nitrogens is 4. The Labute approximate surface area is 168 Å². The molecule has 154 valence electrons. The van der Waals surface area contributed by atoms with E-state index < -0.39 is 24.2 Å². The van der Waals surface area contributed by atoms with Crippen LogP contribution in [0.4, 0.5) is 19.0 Å². The van der Waals surface area contributed by atoms with Gasteiger partial charge in [0.15, 0.2) is 11.7 Å². The number of thiophene rings is 1. The smallest absolute Gasteiger partial charge is 0.363 e. The van der Waals surface area contributed by atoms with Crippen molar-refractivity contribution in [2.24, 2.45) is 7.05 Å². The lowest BCUT2D eigenvalue weighted by atomic mass is 10.0. The summed E-state index contributed by atoms with van der Waals surface area (Å²) in [5.74, 6) is -0.356. The summed E-state index contributed by atoms with van der Waals surface area (Å²) >= 11 is 1.39. The van der Waals surface area contributed by atoms with E-state index in [1.807, 2.05) is 12.3 Å². The first-order valence-corrected chi connectivity index (χ1v) is 9.84. The minimum absolute atomic E-state index is 0.0601. The lowest BCUT2D eigenvalue weighted by Gasteiger charge is -2.32. The second-order valence-electron chi connectivity index (χ2n) is 6.96. The second-order valence-corrected chi connectivity index (χ2v) is 7.94. The summed E-state index contributed by atoms with van der Waals surface area (Å²) in [6.45, 7) is 2.04. The van der Waals surface area contributed by atoms with Crippen molar-refractivity contribution in [3.8, 4) is 0 Å². The quantitative estimate of drug-likeness (QED) is 0.671. The van der Waals surface area contributed by atoms with E-state index in [1.165, 1.54) is 17.4 Å². The molecule has 2 N–H and O–H groups in total. The molecule has 7 nitrogen and oxygen atoms in total. The molecule has 11 heteroatoms. The summed E-state index contributed by atoms with van der Waals surface area (Å²) in [6.07, 6.45) is -2.88. The standard InChI is InChI=1S/C18H19F3N6OS/c1-10-11(9-26(2)24-10)8-22-17(28)13-7-16-23-12(14-4-3-5-29-14)6-15(18(19,20)21)27(16)25-13/h3-5,7,9,12,15,23H,6,8H2,1-2H3,(H,22,28)/t12-,15-/m1/s1. The molecule has 1 aliphatic rings. The molecule has 2 atom stereocenters. The second kappa shape index (κ2) is 7.21. The van der Waals surface area contributed by atoms with Crippen LogP contribution >= 0.6 is 11.3 Å². The van der Waals surface area contributed by atoms with Crippen molar-refractivity contribution in [3.63, 3.8) is 0 Å². The Hall–Kier alpha value is -2.82. The van der Waals surface area contributed by atoms with Gasteiger partial charge in [-0.3, -0.25) is 9.48 Å². The van der Waals surface area contributed by atoms with Gasteiger partial charge < -0.3 is 10.6 Å². The molecule has 1 amide bonds. The van der Waals surface area contributed by atoms with Crippen LogP contribution in [0.5, 0.6) is 0 Å². The maximum absolute atomic E-state index is 13.7. The zero-order valence-corrected chi connectivity index (χ0v) is 16.5. The summed E-state index contributed by atoms with van der Waals surface area (Å²) in [6, 6.07) is 2.68. The van der Waals surface area contributed by atoms with E-state index in [-0.39, 0.29) is 24.5 Å². The number of nitrogens with zero attached hydrogens (tertiary/aromatic N) is 4. The van der Waals surface area contributed by atoms with Crippen molar-refractivity contribution in [1.82, 2.24) is 24.9 Å². The molecule has 0 aromatic carbocycles. The van der Waals surface area contributed by atoms with Crippen molar-refractivity contribution in [2.75, 3.05) is 5.32 Å². The van der Waals surface area contributed by atoms with Gasteiger partial charge in [0.25, 0.3) is 5.91 Å². The van der Waals surface area contributed by atoms with Gasteiger partial charge >= 0.3 is 6.18 Å². The molecule has 0 spiro atoms. The molecule has 0 saturated carbocycles. The van der Waals surface area contributed by atoms with Crippen LogP contribution in [-0.4, -0.2) is 31.6 Å². The number of nitrogens with one attached hydrogen (secondary N) is 2. The number of halogens is 3. The fourth-order valence-electron chi connectivity index (χ4n) is 3.45. The molecule has 0 unspecified atom stereocenters. The Balaban J connectivity index is 1.57. The average molecular weight is 424 g/mol. The third kappa shape index (κ3) is 3.86. The highest BCUT2D eigenvalue weighted by Crippen LogP contribution is 2.44. The molecule has 3 aromatic heterocycles. The number of anilines is 1. The van der Waals surface area contributed by atoms with Crippen LogP contribution in [0.15, 0.2) is 29.8 Å². The lowest BCUT2D eigenvalue weighted by Crippen LogP contribution is -2.35. The Morgan fingerprint density at radius 3 is 2.83 bits per heavy atom. The van der Waals surface area contributed by atoms with Crippen LogP contribution in [0.2, 0.25) is 0 Å². The van der Waals surface area contributed by atoms with E-state index in [0.717, 1.165) is 20.8 Å². The van der Waals surface area contributed by atoms with Crippen LogP contribution in [0, 0.1) is 6.92 Å². The molecule has 4 rings (SSSR count). The Morgan fingerprint density at radius 2 is 2.21 bits per heavy atom. The number of alkyl halides is 3. The zero-order chi connectivity index (χ0) is 20.8. The molecule has 0 radical (unpaired) electrons. The number of aryl methyl sites for hydroxylation is 2. The topological polar surface area (TPSA) is 76.8 Å². The number of carbonyl (C=O) groups is 1. The first kappa shape index (κ1) is 19.5. The Morgan fingerprint density at radius 1 is 1.41 bits per heavy atom. The molecule has 0 saturated heterocycles. The molecule has 3 aromatic rings. The maximum Gasteiger partial charge on any atom is 0.410 e. The highest BCUT2D eigenvalue weighted by molar-refractivity contribution is 7.10. The van der Waals surface area contributed by atoms with Gasteiger partial charge in [-0.15, -0.1) is 11.3 Å². The van der Waals surface area contributed by atoms with Crippen molar-refractivity contribution in [2.45, 2.75) is 38.1 Å². The zero-order valence-electron chi connectivity index (χ0n) is 15.7. The summed E-state index contributed by atoms with van der Waals surface area (Å²) < 4.78 is 43.5. The van der Waals surface area contributed by atoms with Crippen LogP contribution in [-0.2, 0) is 13.6 Å². The van der Waals surface area contributed by atoms with Crippen molar-refractivity contribution in [1.29, 1.82) is 0 Å². The summed E-state index contributed by atoms with van der Waals surface area (Å²) in [4.78, 5) is 13.3. The van der Waals surface area contributed by atoms with Crippen LogP contribution in [0.25, 0.3) is 0 Å². The van der Waals surface area contributed by atoms with Gasteiger partial charge in [0, 0.05) is 42.7 Å². The number of hydrogen-bond donors (Lipinski definition) is 2. The highest BCUT2D eigenvalue weighted by atomic mass is 32.1. The first-order chi connectivity index (χ1) is 13.7. The van der Waals surface area contributed by atoms with E-state index in [1.54, 1.807) is 30.1 Å². The number of rotatable bonds is 4. The Kier molecular flexibility index (Phi) is 4.85. The minimum Gasteiger partial charge on any atom is -0.363 e. The summed E-state index contributed by atoms with van der Waals surface area (Å²) in [5, 5.41) is 15.8. The molecule has 4 heterocycles. The molecule has 29 heavy (non-hydrogen) atoms. The number of carbonyl (C=O) groups excluding carboxylic acids is 1. The van der Waals surface area contributed by atoms with Gasteiger partial charge in [-0.2, -0.15) is 23.4 Å². The fraction of sp³-hybridized carbons (Fsp3) is 0.389. The molecular weight excluding hydrogens is 405 g/mol. The Bertz CT molecular complexity index is 1020.